The van der Waals surface area contributed by atoms with Gasteiger partial charge in [-0.25, -0.2) is 13.1 Å². The average Bonchev–Trinajstić information content (AvgIpc) is 3.29. The van der Waals surface area contributed by atoms with E-state index >= 15 is 0 Å². The Morgan fingerprint density at radius 3 is 2.21 bits per heavy atom. The summed E-state index contributed by atoms with van der Waals surface area (Å²) in [5.41, 5.74) is 2.48. The number of carbonyl (C=O) groups is 1. The highest BCUT2D eigenvalue weighted by atomic mass is 32.2. The second kappa shape index (κ2) is 8.46. The summed E-state index contributed by atoms with van der Waals surface area (Å²) < 4.78 is 29.6. The van der Waals surface area contributed by atoms with E-state index in [0.717, 1.165) is 22.2 Å². The van der Waals surface area contributed by atoms with Gasteiger partial charge in [0.15, 0.2) is 0 Å². The van der Waals surface area contributed by atoms with Crippen molar-refractivity contribution in [1.29, 1.82) is 0 Å². The molecule has 3 aromatic carbocycles. The minimum atomic E-state index is -3.62. The first-order valence-electron chi connectivity index (χ1n) is 10.8. The molecule has 1 saturated heterocycles. The monoisotopic (exact) mass is 460 g/mol. The molecule has 1 amide bonds. The molecule has 0 aliphatic carbocycles. The number of hydrogen-bond donors (Lipinski definition) is 0. The maximum absolute atomic E-state index is 13.2. The van der Waals surface area contributed by atoms with Crippen LogP contribution in [0, 0.1) is 6.92 Å². The Labute approximate surface area is 192 Å². The molecular formula is C25H24N4O3S. The summed E-state index contributed by atoms with van der Waals surface area (Å²) in [5, 5.41) is 6.17. The Hall–Kier alpha value is -3.49. The largest absolute Gasteiger partial charge is 0.336 e. The van der Waals surface area contributed by atoms with Gasteiger partial charge in [-0.15, -0.1) is 0 Å². The van der Waals surface area contributed by atoms with Crippen LogP contribution in [0.3, 0.4) is 0 Å². The Morgan fingerprint density at radius 1 is 0.848 bits per heavy atom. The first-order valence-corrected chi connectivity index (χ1v) is 12.3. The number of hydrogen-bond acceptors (Lipinski definition) is 4. The van der Waals surface area contributed by atoms with E-state index in [1.807, 2.05) is 60.1 Å². The molecule has 0 radical (unpaired) electrons. The Morgan fingerprint density at radius 2 is 1.55 bits per heavy atom. The molecule has 1 aliphatic rings. The maximum Gasteiger partial charge on any atom is 0.253 e. The number of nitrogens with zero attached hydrogens (tertiary/aromatic N) is 4. The van der Waals surface area contributed by atoms with E-state index in [0.29, 0.717) is 18.7 Å². The second-order valence-electron chi connectivity index (χ2n) is 8.14. The minimum absolute atomic E-state index is 0.0958. The number of carbonyl (C=O) groups excluding carboxylic acids is 1. The molecule has 0 bridgehead atoms. The van der Waals surface area contributed by atoms with Crippen molar-refractivity contribution < 1.29 is 13.2 Å². The predicted octanol–water partition coefficient (Wildman–Crippen LogP) is 3.48. The number of amides is 1. The lowest BCUT2D eigenvalue weighted by Gasteiger charge is -2.34. The number of sulfonamides is 1. The normalized spacial score (nSPS) is 15.1. The zero-order valence-corrected chi connectivity index (χ0v) is 19.1. The van der Waals surface area contributed by atoms with Crippen LogP contribution in [-0.4, -0.2) is 59.5 Å². The fourth-order valence-corrected chi connectivity index (χ4v) is 5.63. The van der Waals surface area contributed by atoms with Gasteiger partial charge in [0.05, 0.1) is 10.6 Å². The number of fused-ring (bicyclic) bond motifs is 1. The van der Waals surface area contributed by atoms with E-state index in [9.17, 15) is 13.2 Å². The van der Waals surface area contributed by atoms with E-state index in [2.05, 4.69) is 5.10 Å². The molecule has 4 aromatic rings. The predicted molar refractivity (Wildman–Crippen MR) is 127 cm³/mol. The minimum Gasteiger partial charge on any atom is -0.336 e. The molecule has 1 aliphatic heterocycles. The van der Waals surface area contributed by atoms with Gasteiger partial charge in [-0.3, -0.25) is 4.79 Å². The van der Waals surface area contributed by atoms with Crippen molar-refractivity contribution in [2.24, 2.45) is 0 Å². The van der Waals surface area contributed by atoms with E-state index < -0.39 is 10.0 Å². The van der Waals surface area contributed by atoms with Crippen LogP contribution >= 0.6 is 0 Å². The van der Waals surface area contributed by atoms with Gasteiger partial charge in [0.1, 0.15) is 0 Å². The lowest BCUT2D eigenvalue weighted by Crippen LogP contribution is -2.50. The summed E-state index contributed by atoms with van der Waals surface area (Å²) in [6, 6.07) is 22.1. The highest BCUT2D eigenvalue weighted by Gasteiger charge is 2.30. The topological polar surface area (TPSA) is 75.5 Å². The molecule has 0 spiro atoms. The molecule has 0 atom stereocenters. The van der Waals surface area contributed by atoms with Gasteiger partial charge in [0.25, 0.3) is 5.91 Å². The molecule has 7 nitrogen and oxygen atoms in total. The second-order valence-corrected chi connectivity index (χ2v) is 10.1. The fourth-order valence-electron chi connectivity index (χ4n) is 4.18. The third-order valence-corrected chi connectivity index (χ3v) is 7.97. The van der Waals surface area contributed by atoms with Crippen molar-refractivity contribution in [3.63, 3.8) is 0 Å². The van der Waals surface area contributed by atoms with Gasteiger partial charge in [-0.05, 0) is 60.2 Å². The molecule has 5 rings (SSSR count). The molecule has 0 N–H and O–H groups in total. The van der Waals surface area contributed by atoms with Crippen LogP contribution in [0.25, 0.3) is 16.5 Å². The number of piperazine rings is 1. The van der Waals surface area contributed by atoms with E-state index in [1.54, 1.807) is 35.4 Å². The zero-order chi connectivity index (χ0) is 23.0. The molecule has 0 saturated carbocycles. The van der Waals surface area contributed by atoms with Crippen molar-refractivity contribution in [2.75, 3.05) is 26.2 Å². The van der Waals surface area contributed by atoms with Gasteiger partial charge < -0.3 is 4.90 Å². The number of aryl methyl sites for hydroxylation is 1. The van der Waals surface area contributed by atoms with E-state index in [4.69, 9.17) is 0 Å². The third kappa shape index (κ3) is 4.03. The van der Waals surface area contributed by atoms with Gasteiger partial charge in [0, 0.05) is 43.6 Å². The van der Waals surface area contributed by atoms with Crippen LogP contribution < -0.4 is 0 Å². The van der Waals surface area contributed by atoms with Crippen molar-refractivity contribution in [2.45, 2.75) is 11.8 Å². The molecule has 0 unspecified atom stereocenters. The zero-order valence-electron chi connectivity index (χ0n) is 18.3. The van der Waals surface area contributed by atoms with Gasteiger partial charge >= 0.3 is 0 Å². The molecular weight excluding hydrogens is 436 g/mol. The molecule has 33 heavy (non-hydrogen) atoms. The summed E-state index contributed by atoms with van der Waals surface area (Å²) in [7, 11) is -3.62. The Kier molecular flexibility index (Phi) is 5.47. The summed E-state index contributed by atoms with van der Waals surface area (Å²) in [5.74, 6) is -0.0958. The van der Waals surface area contributed by atoms with Crippen LogP contribution in [0.2, 0.25) is 0 Å². The summed E-state index contributed by atoms with van der Waals surface area (Å²) in [4.78, 5) is 15.0. The van der Waals surface area contributed by atoms with Crippen molar-refractivity contribution in [3.05, 3.63) is 90.3 Å². The number of aromatic nitrogens is 2. The van der Waals surface area contributed by atoms with Crippen LogP contribution in [0.5, 0.6) is 0 Å². The SMILES string of the molecule is Cc1ccnn1-c1ccc(C(=O)N2CCN(S(=O)(=O)c3ccc4ccccc4c3)CC2)cc1. The molecule has 1 fully saturated rings. The van der Waals surface area contributed by atoms with Crippen LogP contribution in [0.1, 0.15) is 16.1 Å². The lowest BCUT2D eigenvalue weighted by molar-refractivity contribution is 0.0698. The van der Waals surface area contributed by atoms with Crippen molar-refractivity contribution in [3.8, 4) is 5.69 Å². The fraction of sp³-hybridized carbons (Fsp3) is 0.200. The van der Waals surface area contributed by atoms with Crippen LogP contribution in [0.15, 0.2) is 83.9 Å². The van der Waals surface area contributed by atoms with Crippen molar-refractivity contribution in [1.82, 2.24) is 19.0 Å². The molecule has 2 heterocycles. The van der Waals surface area contributed by atoms with Crippen LogP contribution in [-0.2, 0) is 10.0 Å². The lowest BCUT2D eigenvalue weighted by atomic mass is 10.1. The molecule has 8 heteroatoms. The van der Waals surface area contributed by atoms with E-state index in [-0.39, 0.29) is 23.9 Å². The Bertz CT molecular complexity index is 1420. The maximum atomic E-state index is 13.2. The average molecular weight is 461 g/mol. The first kappa shape index (κ1) is 21.4. The number of benzene rings is 3. The van der Waals surface area contributed by atoms with Crippen LogP contribution in [0.4, 0.5) is 0 Å². The van der Waals surface area contributed by atoms with E-state index in [1.165, 1.54) is 4.31 Å². The third-order valence-electron chi connectivity index (χ3n) is 6.08. The number of rotatable bonds is 4. The molecule has 168 valence electrons. The smallest absolute Gasteiger partial charge is 0.253 e. The summed E-state index contributed by atoms with van der Waals surface area (Å²) in [6.07, 6.45) is 1.74. The van der Waals surface area contributed by atoms with Gasteiger partial charge in [0.2, 0.25) is 10.0 Å². The van der Waals surface area contributed by atoms with Gasteiger partial charge in [-0.1, -0.05) is 30.3 Å². The highest BCUT2D eigenvalue weighted by molar-refractivity contribution is 7.89. The standard InChI is InChI=1S/C25H24N4O3S/c1-19-12-13-26-29(19)23-9-6-21(7-10-23)25(30)27-14-16-28(17-15-27)33(31,32)24-11-8-20-4-2-3-5-22(20)18-24/h2-13,18H,14-17H2,1H3. The molecule has 1 aromatic heterocycles. The quantitative estimate of drug-likeness (QED) is 0.467. The van der Waals surface area contributed by atoms with Crippen molar-refractivity contribution >= 4 is 26.7 Å². The highest BCUT2D eigenvalue weighted by Crippen LogP contribution is 2.23. The first-order chi connectivity index (χ1) is 15.9. The Balaban J connectivity index is 1.27. The summed E-state index contributed by atoms with van der Waals surface area (Å²) in [6.45, 7) is 3.21. The van der Waals surface area contributed by atoms with Gasteiger partial charge in [-0.2, -0.15) is 9.40 Å². The summed E-state index contributed by atoms with van der Waals surface area (Å²) >= 11 is 0.